The van der Waals surface area contributed by atoms with Crippen molar-refractivity contribution in [3.8, 4) is 11.1 Å². The van der Waals surface area contributed by atoms with Gasteiger partial charge in [-0.3, -0.25) is 4.79 Å². The van der Waals surface area contributed by atoms with E-state index in [0.717, 1.165) is 35.1 Å². The van der Waals surface area contributed by atoms with E-state index in [1.165, 1.54) is 0 Å². The maximum Gasteiger partial charge on any atom is 0.407 e. The number of rotatable bonds is 12. The molecule has 3 rings (SSSR count). The molecule has 0 fully saturated rings. The second kappa shape index (κ2) is 12.2. The maximum absolute atomic E-state index is 12.6. The van der Waals surface area contributed by atoms with Gasteiger partial charge in [0.05, 0.1) is 0 Å². The van der Waals surface area contributed by atoms with Gasteiger partial charge in [-0.15, -0.1) is 0 Å². The van der Waals surface area contributed by atoms with Crippen molar-refractivity contribution >= 4 is 18.0 Å². The number of ether oxygens (including phenoxy) is 1. The van der Waals surface area contributed by atoms with Crippen molar-refractivity contribution in [2.75, 3.05) is 6.61 Å². The molecule has 0 saturated carbocycles. The summed E-state index contributed by atoms with van der Waals surface area (Å²) in [5.41, 5.74) is 4.58. The van der Waals surface area contributed by atoms with Gasteiger partial charge in [-0.2, -0.15) is 0 Å². The summed E-state index contributed by atoms with van der Waals surface area (Å²) in [7, 11) is 0. The molecule has 182 valence electrons. The van der Waals surface area contributed by atoms with Gasteiger partial charge in [0, 0.05) is 18.4 Å². The van der Waals surface area contributed by atoms with Gasteiger partial charge in [0.2, 0.25) is 5.91 Å². The van der Waals surface area contributed by atoms with Crippen LogP contribution in [0.3, 0.4) is 0 Å². The van der Waals surface area contributed by atoms with Crippen LogP contribution in [0.15, 0.2) is 48.5 Å². The normalized spacial score (nSPS) is 13.9. The van der Waals surface area contributed by atoms with Crippen molar-refractivity contribution < 1.29 is 24.2 Å². The third kappa shape index (κ3) is 6.37. The Balaban J connectivity index is 1.57. The minimum absolute atomic E-state index is 0.00788. The predicted octanol–water partition coefficient (Wildman–Crippen LogP) is 4.84. The number of nitrogens with one attached hydrogen (secondary N) is 2. The summed E-state index contributed by atoms with van der Waals surface area (Å²) in [6.45, 7) is 4.13. The molecule has 0 aliphatic heterocycles. The molecule has 0 spiro atoms. The van der Waals surface area contributed by atoms with Crippen LogP contribution >= 0.6 is 0 Å². The predicted molar refractivity (Wildman–Crippen MR) is 131 cm³/mol. The molecule has 0 radical (unpaired) electrons. The molecule has 0 bridgehead atoms. The Morgan fingerprint density at radius 1 is 0.912 bits per heavy atom. The lowest BCUT2D eigenvalue weighted by atomic mass is 9.98. The van der Waals surface area contributed by atoms with E-state index in [-0.39, 0.29) is 24.9 Å². The Bertz CT molecular complexity index is 961. The van der Waals surface area contributed by atoms with Crippen molar-refractivity contribution in [3.63, 3.8) is 0 Å². The first-order chi connectivity index (χ1) is 16.4. The number of hydrogen-bond donors (Lipinski definition) is 3. The van der Waals surface area contributed by atoms with Crippen LogP contribution in [-0.4, -0.2) is 41.8 Å². The molecular formula is C27H34N2O5. The van der Waals surface area contributed by atoms with Crippen LogP contribution in [-0.2, 0) is 14.3 Å². The van der Waals surface area contributed by atoms with Crippen LogP contribution in [0, 0.1) is 0 Å². The van der Waals surface area contributed by atoms with E-state index in [0.29, 0.717) is 19.3 Å². The Kier molecular flexibility index (Phi) is 9.08. The summed E-state index contributed by atoms with van der Waals surface area (Å²) < 4.78 is 5.59. The molecule has 0 unspecified atom stereocenters. The van der Waals surface area contributed by atoms with Crippen molar-refractivity contribution in [3.05, 3.63) is 59.7 Å². The van der Waals surface area contributed by atoms with Gasteiger partial charge < -0.3 is 20.5 Å². The van der Waals surface area contributed by atoms with Crippen LogP contribution in [0.5, 0.6) is 0 Å². The van der Waals surface area contributed by atoms with Crippen LogP contribution in [0.2, 0.25) is 0 Å². The fourth-order valence-electron chi connectivity index (χ4n) is 4.52. The third-order valence-electron chi connectivity index (χ3n) is 6.21. The number of amides is 2. The van der Waals surface area contributed by atoms with Gasteiger partial charge in [0.25, 0.3) is 0 Å². The third-order valence-corrected chi connectivity index (χ3v) is 6.21. The van der Waals surface area contributed by atoms with Crippen LogP contribution < -0.4 is 10.6 Å². The molecule has 2 amide bonds. The van der Waals surface area contributed by atoms with Gasteiger partial charge in [0.1, 0.15) is 12.6 Å². The number of fused-ring (bicyclic) bond motifs is 3. The lowest BCUT2D eigenvalue weighted by Gasteiger charge is -2.21. The summed E-state index contributed by atoms with van der Waals surface area (Å²) in [5, 5.41) is 14.7. The summed E-state index contributed by atoms with van der Waals surface area (Å²) in [5.74, 6) is -1.47. The summed E-state index contributed by atoms with van der Waals surface area (Å²) in [6, 6.07) is 14.9. The van der Waals surface area contributed by atoms with Crippen molar-refractivity contribution in [1.82, 2.24) is 10.6 Å². The van der Waals surface area contributed by atoms with Crippen molar-refractivity contribution in [2.45, 2.75) is 70.4 Å². The number of benzene rings is 2. The Morgan fingerprint density at radius 2 is 1.53 bits per heavy atom. The van der Waals surface area contributed by atoms with Crippen molar-refractivity contribution in [2.24, 2.45) is 0 Å². The number of carbonyl (C=O) groups is 3. The molecule has 0 aromatic heterocycles. The zero-order valence-electron chi connectivity index (χ0n) is 19.9. The van der Waals surface area contributed by atoms with Gasteiger partial charge in [0.15, 0.2) is 0 Å². The second-order valence-electron chi connectivity index (χ2n) is 8.76. The highest BCUT2D eigenvalue weighted by Gasteiger charge is 2.29. The Labute approximate surface area is 200 Å². The van der Waals surface area contributed by atoms with Gasteiger partial charge in [-0.25, -0.2) is 9.59 Å². The van der Waals surface area contributed by atoms with E-state index in [2.05, 4.69) is 34.9 Å². The van der Waals surface area contributed by atoms with Gasteiger partial charge in [-0.05, 0) is 35.1 Å². The molecule has 2 aromatic carbocycles. The standard InChI is InChI=1S/C27H34N2O5/c1-3-5-15-24(26(31)32)29-25(30)16-18(10-4-2)28-27(33)34-17-23-21-13-8-6-11-19(21)20-12-7-9-14-22(20)23/h6-9,11-14,18,23-24H,3-5,10,15-17H2,1-2H3,(H,28,33)(H,29,30)(H,31,32)/t18-,24+/m1/s1. The first-order valence-corrected chi connectivity index (χ1v) is 12.1. The highest BCUT2D eigenvalue weighted by molar-refractivity contribution is 5.84. The van der Waals surface area contributed by atoms with E-state index in [1.54, 1.807) is 0 Å². The van der Waals surface area contributed by atoms with Gasteiger partial charge >= 0.3 is 12.1 Å². The SMILES string of the molecule is CCCC[C@H](NC(=O)C[C@@H](CCC)NC(=O)OCC1c2ccccc2-c2ccccc21)C(=O)O. The second-order valence-corrected chi connectivity index (χ2v) is 8.76. The monoisotopic (exact) mass is 466 g/mol. The molecule has 7 nitrogen and oxygen atoms in total. The molecule has 2 atom stereocenters. The number of aliphatic carboxylic acids is 1. The molecule has 7 heteroatoms. The van der Waals surface area contributed by atoms with Crippen LogP contribution in [0.4, 0.5) is 4.79 Å². The fourth-order valence-corrected chi connectivity index (χ4v) is 4.52. The highest BCUT2D eigenvalue weighted by atomic mass is 16.5. The van der Waals surface area contributed by atoms with E-state index >= 15 is 0 Å². The number of hydrogen-bond acceptors (Lipinski definition) is 4. The molecule has 34 heavy (non-hydrogen) atoms. The van der Waals surface area contributed by atoms with Crippen LogP contribution in [0.25, 0.3) is 11.1 Å². The molecule has 0 heterocycles. The topological polar surface area (TPSA) is 105 Å². The zero-order valence-corrected chi connectivity index (χ0v) is 19.9. The molecule has 3 N–H and O–H groups in total. The van der Waals surface area contributed by atoms with Crippen LogP contribution in [0.1, 0.15) is 69.4 Å². The van der Waals surface area contributed by atoms with Crippen molar-refractivity contribution in [1.29, 1.82) is 0 Å². The molecule has 2 aromatic rings. The summed E-state index contributed by atoms with van der Waals surface area (Å²) in [4.78, 5) is 36.5. The summed E-state index contributed by atoms with van der Waals surface area (Å²) in [6.07, 6.45) is 2.73. The lowest BCUT2D eigenvalue weighted by Crippen LogP contribution is -2.45. The van der Waals surface area contributed by atoms with E-state index in [4.69, 9.17) is 4.74 Å². The number of carboxylic acids is 1. The van der Waals surface area contributed by atoms with E-state index in [1.807, 2.05) is 38.1 Å². The molecular weight excluding hydrogens is 432 g/mol. The molecule has 1 aliphatic carbocycles. The smallest absolute Gasteiger partial charge is 0.407 e. The average molecular weight is 467 g/mol. The fraction of sp³-hybridized carbons (Fsp3) is 0.444. The maximum atomic E-state index is 12.6. The first kappa shape index (κ1) is 25.3. The number of unbranched alkanes of at least 4 members (excludes halogenated alkanes) is 1. The lowest BCUT2D eigenvalue weighted by molar-refractivity contribution is -0.142. The Hall–Kier alpha value is -3.35. The number of alkyl carbamates (subject to hydrolysis) is 1. The average Bonchev–Trinajstić information content (AvgIpc) is 3.14. The first-order valence-electron chi connectivity index (χ1n) is 12.1. The number of carboxylic acid groups (broad SMARTS) is 1. The number of carbonyl (C=O) groups excluding carboxylic acids is 2. The quantitative estimate of drug-likeness (QED) is 0.415. The Morgan fingerprint density at radius 3 is 2.09 bits per heavy atom. The largest absolute Gasteiger partial charge is 0.480 e. The molecule has 1 aliphatic rings. The minimum atomic E-state index is -1.04. The van der Waals surface area contributed by atoms with E-state index < -0.39 is 24.1 Å². The minimum Gasteiger partial charge on any atom is -0.480 e. The zero-order chi connectivity index (χ0) is 24.5. The molecule has 0 saturated heterocycles. The summed E-state index contributed by atoms with van der Waals surface area (Å²) >= 11 is 0. The highest BCUT2D eigenvalue weighted by Crippen LogP contribution is 2.44. The van der Waals surface area contributed by atoms with Gasteiger partial charge in [-0.1, -0.05) is 81.6 Å². The van der Waals surface area contributed by atoms with E-state index in [9.17, 15) is 19.5 Å².